The highest BCUT2D eigenvalue weighted by Gasteiger charge is 2.34. The average Bonchev–Trinajstić information content (AvgIpc) is 2.52. The molecule has 0 radical (unpaired) electrons. The molecular weight excluding hydrogens is 278 g/mol. The quantitative estimate of drug-likeness (QED) is 0.929. The van der Waals surface area contributed by atoms with Crippen LogP contribution in [0.2, 0.25) is 0 Å². The summed E-state index contributed by atoms with van der Waals surface area (Å²) < 4.78 is 5.59. The molecule has 0 fully saturated rings. The Kier molecular flexibility index (Phi) is 4.27. The van der Waals surface area contributed by atoms with Crippen molar-refractivity contribution in [2.24, 2.45) is 0 Å². The van der Waals surface area contributed by atoms with Crippen LogP contribution in [0.15, 0.2) is 35.5 Å². The second-order valence-electron chi connectivity index (χ2n) is 5.89. The van der Waals surface area contributed by atoms with E-state index in [0.29, 0.717) is 19.4 Å². The van der Waals surface area contributed by atoms with Crippen LogP contribution in [0, 0.1) is 0 Å². The van der Waals surface area contributed by atoms with Gasteiger partial charge in [-0.3, -0.25) is 9.59 Å². The number of ketones is 1. The first-order valence-corrected chi connectivity index (χ1v) is 7.98. The van der Waals surface area contributed by atoms with Crippen LogP contribution < -0.4 is 10.1 Å². The van der Waals surface area contributed by atoms with Crippen molar-refractivity contribution in [1.29, 1.82) is 0 Å². The maximum Gasteiger partial charge on any atom is 0.225 e. The van der Waals surface area contributed by atoms with E-state index in [9.17, 15) is 9.59 Å². The summed E-state index contributed by atoms with van der Waals surface area (Å²) in [5, 5.41) is 2.88. The van der Waals surface area contributed by atoms with Crippen molar-refractivity contribution in [3.05, 3.63) is 41.1 Å². The molecule has 2 aliphatic rings. The first-order valence-electron chi connectivity index (χ1n) is 7.98. The lowest BCUT2D eigenvalue weighted by atomic mass is 9.78. The Morgan fingerprint density at radius 2 is 1.95 bits per heavy atom. The number of nitrogens with one attached hydrogen (secondary N) is 1. The fourth-order valence-electron chi connectivity index (χ4n) is 3.21. The Labute approximate surface area is 130 Å². The van der Waals surface area contributed by atoms with Crippen LogP contribution in [0.25, 0.3) is 0 Å². The number of carbonyl (C=O) groups excluding carboxylic acids is 2. The summed E-state index contributed by atoms with van der Waals surface area (Å²) in [7, 11) is 0. The molecule has 1 aromatic rings. The number of hydrogen-bond donors (Lipinski definition) is 1. The van der Waals surface area contributed by atoms with E-state index in [1.807, 2.05) is 24.3 Å². The molecule has 0 aromatic heterocycles. The van der Waals surface area contributed by atoms with Gasteiger partial charge in [-0.05, 0) is 37.0 Å². The molecule has 1 amide bonds. The first kappa shape index (κ1) is 14.8. The van der Waals surface area contributed by atoms with Crippen LogP contribution in [0.3, 0.4) is 0 Å². The number of benzene rings is 1. The molecular formula is C18H21NO3. The van der Waals surface area contributed by atoms with E-state index in [-0.39, 0.29) is 17.6 Å². The van der Waals surface area contributed by atoms with Gasteiger partial charge in [0.25, 0.3) is 0 Å². The van der Waals surface area contributed by atoms with Crippen molar-refractivity contribution in [2.45, 2.75) is 44.9 Å². The Morgan fingerprint density at radius 1 is 1.18 bits per heavy atom. The standard InChI is InChI=1S/C18H21NO3/c1-2-10-22-13-8-6-12(7-9-13)14-11-17(21)19-15-4-3-5-16(20)18(14)15/h6-9,14H,2-5,10-11H2,1H3,(H,19,21)/t14-/m0/s1. The third-order valence-electron chi connectivity index (χ3n) is 4.24. The van der Waals surface area contributed by atoms with Gasteiger partial charge in [-0.1, -0.05) is 19.1 Å². The van der Waals surface area contributed by atoms with E-state index in [2.05, 4.69) is 12.2 Å². The van der Waals surface area contributed by atoms with Crippen molar-refractivity contribution in [1.82, 2.24) is 5.32 Å². The number of amides is 1. The monoisotopic (exact) mass is 299 g/mol. The Balaban J connectivity index is 1.88. The molecule has 1 atom stereocenters. The molecule has 4 heteroatoms. The molecule has 0 unspecified atom stereocenters. The molecule has 0 spiro atoms. The minimum Gasteiger partial charge on any atom is -0.494 e. The molecule has 22 heavy (non-hydrogen) atoms. The SMILES string of the molecule is CCCOc1ccc([C@@H]2CC(=O)NC3=C2C(=O)CCC3)cc1. The Morgan fingerprint density at radius 3 is 2.68 bits per heavy atom. The number of hydrogen-bond acceptors (Lipinski definition) is 3. The third kappa shape index (κ3) is 2.91. The lowest BCUT2D eigenvalue weighted by Crippen LogP contribution is -2.36. The van der Waals surface area contributed by atoms with Crippen LogP contribution in [-0.4, -0.2) is 18.3 Å². The maximum absolute atomic E-state index is 12.3. The van der Waals surface area contributed by atoms with Crippen molar-refractivity contribution in [2.75, 3.05) is 6.61 Å². The molecule has 1 aliphatic carbocycles. The zero-order valence-corrected chi connectivity index (χ0v) is 12.9. The number of carbonyl (C=O) groups is 2. The highest BCUT2D eigenvalue weighted by Crippen LogP contribution is 2.38. The zero-order chi connectivity index (χ0) is 15.5. The third-order valence-corrected chi connectivity index (χ3v) is 4.24. The van der Waals surface area contributed by atoms with Crippen LogP contribution >= 0.6 is 0 Å². The largest absolute Gasteiger partial charge is 0.494 e. The molecule has 4 nitrogen and oxygen atoms in total. The number of allylic oxidation sites excluding steroid dienone is 2. The van der Waals surface area contributed by atoms with Gasteiger partial charge < -0.3 is 10.1 Å². The Hall–Kier alpha value is -2.10. The molecule has 1 aliphatic heterocycles. The van der Waals surface area contributed by atoms with Crippen molar-refractivity contribution < 1.29 is 14.3 Å². The molecule has 1 heterocycles. The van der Waals surface area contributed by atoms with Crippen LogP contribution in [0.5, 0.6) is 5.75 Å². The number of Topliss-reactive ketones (excluding diaryl/α,β-unsaturated/α-hetero) is 1. The van der Waals surface area contributed by atoms with Gasteiger partial charge in [-0.15, -0.1) is 0 Å². The van der Waals surface area contributed by atoms with Crippen molar-refractivity contribution >= 4 is 11.7 Å². The molecule has 1 N–H and O–H groups in total. The highest BCUT2D eigenvalue weighted by molar-refractivity contribution is 6.01. The summed E-state index contributed by atoms with van der Waals surface area (Å²) in [4.78, 5) is 24.2. The summed E-state index contributed by atoms with van der Waals surface area (Å²) in [5.74, 6) is 0.897. The molecule has 3 rings (SSSR count). The predicted octanol–water partition coefficient (Wildman–Crippen LogP) is 3.09. The van der Waals surface area contributed by atoms with E-state index in [4.69, 9.17) is 4.74 Å². The molecule has 0 bridgehead atoms. The van der Waals surface area contributed by atoms with Crippen molar-refractivity contribution in [3.63, 3.8) is 0 Å². The minimum absolute atomic E-state index is 0.00441. The summed E-state index contributed by atoms with van der Waals surface area (Å²) in [6.07, 6.45) is 3.52. The summed E-state index contributed by atoms with van der Waals surface area (Å²) in [6.45, 7) is 2.76. The van der Waals surface area contributed by atoms with Crippen LogP contribution in [-0.2, 0) is 9.59 Å². The predicted molar refractivity (Wildman–Crippen MR) is 83.6 cm³/mol. The zero-order valence-electron chi connectivity index (χ0n) is 12.9. The molecule has 0 saturated heterocycles. The fourth-order valence-corrected chi connectivity index (χ4v) is 3.21. The molecule has 0 saturated carbocycles. The van der Waals surface area contributed by atoms with Gasteiger partial charge in [0.2, 0.25) is 5.91 Å². The van der Waals surface area contributed by atoms with Gasteiger partial charge in [-0.25, -0.2) is 0 Å². The van der Waals surface area contributed by atoms with Gasteiger partial charge in [0, 0.05) is 30.0 Å². The smallest absolute Gasteiger partial charge is 0.225 e. The maximum atomic E-state index is 12.3. The van der Waals surface area contributed by atoms with Gasteiger partial charge in [-0.2, -0.15) is 0 Å². The fraction of sp³-hybridized carbons (Fsp3) is 0.444. The lowest BCUT2D eigenvalue weighted by molar-refractivity contribution is -0.122. The molecule has 116 valence electrons. The van der Waals surface area contributed by atoms with E-state index < -0.39 is 0 Å². The first-order chi connectivity index (χ1) is 10.7. The average molecular weight is 299 g/mol. The second kappa shape index (κ2) is 6.34. The van der Waals surface area contributed by atoms with Gasteiger partial charge in [0.15, 0.2) is 5.78 Å². The van der Waals surface area contributed by atoms with Crippen LogP contribution in [0.1, 0.15) is 50.5 Å². The van der Waals surface area contributed by atoms with E-state index in [1.54, 1.807) is 0 Å². The molecule has 1 aromatic carbocycles. The topological polar surface area (TPSA) is 55.4 Å². The lowest BCUT2D eigenvalue weighted by Gasteiger charge is -2.31. The van der Waals surface area contributed by atoms with E-state index in [0.717, 1.165) is 41.8 Å². The second-order valence-corrected chi connectivity index (χ2v) is 5.89. The van der Waals surface area contributed by atoms with Gasteiger partial charge in [0.1, 0.15) is 5.75 Å². The van der Waals surface area contributed by atoms with E-state index >= 15 is 0 Å². The summed E-state index contributed by atoms with van der Waals surface area (Å²) >= 11 is 0. The van der Waals surface area contributed by atoms with Gasteiger partial charge in [0.05, 0.1) is 6.61 Å². The van der Waals surface area contributed by atoms with E-state index in [1.165, 1.54) is 0 Å². The number of ether oxygens (including phenoxy) is 1. The normalized spacial score (nSPS) is 21.4. The van der Waals surface area contributed by atoms with Crippen LogP contribution in [0.4, 0.5) is 0 Å². The Bertz CT molecular complexity index is 616. The minimum atomic E-state index is -0.114. The summed E-state index contributed by atoms with van der Waals surface area (Å²) in [6, 6.07) is 7.79. The van der Waals surface area contributed by atoms with Crippen molar-refractivity contribution in [3.8, 4) is 5.75 Å². The summed E-state index contributed by atoms with van der Waals surface area (Å²) in [5.41, 5.74) is 2.67. The van der Waals surface area contributed by atoms with Gasteiger partial charge >= 0.3 is 0 Å². The highest BCUT2D eigenvalue weighted by atomic mass is 16.5. The number of rotatable bonds is 4.